The second-order valence-electron chi connectivity index (χ2n) is 3.92. The van der Waals surface area contributed by atoms with Crippen LogP contribution in [0.3, 0.4) is 0 Å². The molecule has 1 aromatic rings. The fourth-order valence-corrected chi connectivity index (χ4v) is 2.21. The normalized spacial score (nSPS) is 24.7. The van der Waals surface area contributed by atoms with Crippen molar-refractivity contribution in [3.05, 3.63) is 21.0 Å². The molecule has 1 fully saturated rings. The summed E-state index contributed by atoms with van der Waals surface area (Å²) >= 11 is 3.28. The molecule has 2 heterocycles. The van der Waals surface area contributed by atoms with Crippen molar-refractivity contribution < 1.29 is 4.74 Å². The van der Waals surface area contributed by atoms with E-state index in [4.69, 9.17) is 4.74 Å². The first-order valence-corrected chi connectivity index (χ1v) is 5.99. The third-order valence-corrected chi connectivity index (χ3v) is 3.56. The van der Waals surface area contributed by atoms with E-state index in [1.807, 2.05) is 6.92 Å². The first-order chi connectivity index (χ1) is 7.59. The monoisotopic (exact) mass is 287 g/mol. The van der Waals surface area contributed by atoms with Gasteiger partial charge >= 0.3 is 0 Å². The van der Waals surface area contributed by atoms with Crippen LogP contribution in [-0.4, -0.2) is 28.5 Å². The summed E-state index contributed by atoms with van der Waals surface area (Å²) in [6, 6.07) is 0.241. The van der Waals surface area contributed by atoms with Crippen molar-refractivity contribution in [1.82, 2.24) is 9.78 Å². The van der Waals surface area contributed by atoms with Crippen LogP contribution in [0.4, 0.5) is 5.69 Å². The van der Waals surface area contributed by atoms with Crippen molar-refractivity contribution in [2.75, 3.05) is 11.9 Å². The van der Waals surface area contributed by atoms with Gasteiger partial charge in [0.2, 0.25) is 0 Å². The second-order valence-corrected chi connectivity index (χ2v) is 4.71. The SMILES string of the molecule is CC1OCCC1Nc1cnn(C)c(=O)c1Br. The first kappa shape index (κ1) is 11.6. The van der Waals surface area contributed by atoms with Gasteiger partial charge in [0.05, 0.1) is 24.0 Å². The van der Waals surface area contributed by atoms with Gasteiger partial charge in [0, 0.05) is 13.7 Å². The summed E-state index contributed by atoms with van der Waals surface area (Å²) in [5.41, 5.74) is 0.585. The lowest BCUT2D eigenvalue weighted by atomic mass is 10.1. The van der Waals surface area contributed by atoms with Crippen LogP contribution in [0.5, 0.6) is 0 Å². The highest BCUT2D eigenvalue weighted by Crippen LogP contribution is 2.22. The summed E-state index contributed by atoms with van der Waals surface area (Å²) in [5, 5.41) is 7.26. The lowest BCUT2D eigenvalue weighted by molar-refractivity contribution is 0.121. The fourth-order valence-electron chi connectivity index (χ4n) is 1.73. The van der Waals surface area contributed by atoms with E-state index in [1.54, 1.807) is 13.2 Å². The highest BCUT2D eigenvalue weighted by molar-refractivity contribution is 9.10. The van der Waals surface area contributed by atoms with Crippen molar-refractivity contribution in [2.24, 2.45) is 7.05 Å². The summed E-state index contributed by atoms with van der Waals surface area (Å²) in [4.78, 5) is 11.6. The molecule has 1 saturated heterocycles. The molecule has 16 heavy (non-hydrogen) atoms. The van der Waals surface area contributed by atoms with E-state index in [-0.39, 0.29) is 17.7 Å². The second kappa shape index (κ2) is 4.55. The maximum absolute atomic E-state index is 11.6. The molecule has 0 aromatic carbocycles. The highest BCUT2D eigenvalue weighted by Gasteiger charge is 2.24. The number of aromatic nitrogens is 2. The molecule has 1 N–H and O–H groups in total. The number of hydrogen-bond donors (Lipinski definition) is 1. The van der Waals surface area contributed by atoms with E-state index in [1.165, 1.54) is 4.68 Å². The largest absolute Gasteiger partial charge is 0.377 e. The molecule has 6 heteroatoms. The Labute approximate surface area is 102 Å². The molecular weight excluding hydrogens is 274 g/mol. The third-order valence-electron chi connectivity index (χ3n) is 2.80. The molecule has 0 spiro atoms. The molecule has 2 unspecified atom stereocenters. The molecule has 88 valence electrons. The van der Waals surface area contributed by atoms with Gasteiger partial charge in [-0.05, 0) is 29.3 Å². The zero-order valence-corrected chi connectivity index (χ0v) is 10.8. The fraction of sp³-hybridized carbons (Fsp3) is 0.600. The number of rotatable bonds is 2. The van der Waals surface area contributed by atoms with Gasteiger partial charge in [-0.25, -0.2) is 4.68 Å². The van der Waals surface area contributed by atoms with Gasteiger partial charge in [-0.1, -0.05) is 0 Å². The molecule has 1 aromatic heterocycles. The van der Waals surface area contributed by atoms with Gasteiger partial charge in [-0.3, -0.25) is 4.79 Å². The average molecular weight is 288 g/mol. The van der Waals surface area contributed by atoms with Gasteiger partial charge in [-0.15, -0.1) is 0 Å². The Kier molecular flexibility index (Phi) is 3.30. The molecule has 1 aliphatic rings. The Balaban J connectivity index is 2.22. The van der Waals surface area contributed by atoms with Crippen molar-refractivity contribution >= 4 is 21.6 Å². The van der Waals surface area contributed by atoms with Gasteiger partial charge in [-0.2, -0.15) is 5.10 Å². The molecule has 0 bridgehead atoms. The minimum absolute atomic E-state index is 0.142. The minimum atomic E-state index is -0.142. The maximum atomic E-state index is 11.6. The standard InChI is InChI=1S/C10H14BrN3O2/c1-6-7(3-4-16-6)13-8-5-12-14(2)10(15)9(8)11/h5-7,13H,3-4H2,1-2H3. The van der Waals surface area contributed by atoms with E-state index < -0.39 is 0 Å². The van der Waals surface area contributed by atoms with E-state index in [0.717, 1.165) is 18.7 Å². The Morgan fingerprint density at radius 1 is 1.69 bits per heavy atom. The van der Waals surface area contributed by atoms with E-state index in [2.05, 4.69) is 26.3 Å². The molecule has 0 saturated carbocycles. The Bertz CT molecular complexity index is 446. The summed E-state index contributed by atoms with van der Waals surface area (Å²) < 4.78 is 7.26. The number of halogens is 1. The van der Waals surface area contributed by atoms with Crippen molar-refractivity contribution in [3.8, 4) is 0 Å². The van der Waals surface area contributed by atoms with Crippen LogP contribution in [-0.2, 0) is 11.8 Å². The molecule has 2 atom stereocenters. The number of nitrogens with one attached hydrogen (secondary N) is 1. The highest BCUT2D eigenvalue weighted by atomic mass is 79.9. The molecule has 1 aliphatic heterocycles. The smallest absolute Gasteiger partial charge is 0.282 e. The van der Waals surface area contributed by atoms with E-state index in [9.17, 15) is 4.79 Å². The third kappa shape index (κ3) is 2.12. The summed E-state index contributed by atoms with van der Waals surface area (Å²) in [6.45, 7) is 2.78. The van der Waals surface area contributed by atoms with Crippen LogP contribution in [0.1, 0.15) is 13.3 Å². The van der Waals surface area contributed by atoms with Crippen LogP contribution in [0, 0.1) is 0 Å². The number of anilines is 1. The Hall–Kier alpha value is -0.880. The molecule has 0 radical (unpaired) electrons. The zero-order valence-electron chi connectivity index (χ0n) is 9.24. The predicted molar refractivity (Wildman–Crippen MR) is 64.6 cm³/mol. The summed E-state index contributed by atoms with van der Waals surface area (Å²) in [6.07, 6.45) is 2.76. The molecule has 0 amide bonds. The van der Waals surface area contributed by atoms with Crippen molar-refractivity contribution in [3.63, 3.8) is 0 Å². The summed E-state index contributed by atoms with van der Waals surface area (Å²) in [7, 11) is 1.62. The molecular formula is C10H14BrN3O2. The minimum Gasteiger partial charge on any atom is -0.377 e. The van der Waals surface area contributed by atoms with Gasteiger partial charge < -0.3 is 10.1 Å². The van der Waals surface area contributed by atoms with Crippen LogP contribution in [0.2, 0.25) is 0 Å². The zero-order chi connectivity index (χ0) is 11.7. The van der Waals surface area contributed by atoms with Crippen LogP contribution in [0.15, 0.2) is 15.5 Å². The van der Waals surface area contributed by atoms with Crippen molar-refractivity contribution in [2.45, 2.75) is 25.5 Å². The van der Waals surface area contributed by atoms with Crippen molar-refractivity contribution in [1.29, 1.82) is 0 Å². The number of ether oxygens (including phenoxy) is 1. The van der Waals surface area contributed by atoms with Gasteiger partial charge in [0.15, 0.2) is 0 Å². The summed E-state index contributed by atoms with van der Waals surface area (Å²) in [5.74, 6) is 0. The van der Waals surface area contributed by atoms with Crippen LogP contribution < -0.4 is 10.9 Å². The Morgan fingerprint density at radius 2 is 2.44 bits per heavy atom. The topological polar surface area (TPSA) is 56.1 Å². The lowest BCUT2D eigenvalue weighted by Crippen LogP contribution is -2.29. The van der Waals surface area contributed by atoms with Gasteiger partial charge in [0.1, 0.15) is 4.47 Å². The predicted octanol–water partition coefficient (Wildman–Crippen LogP) is 1.13. The van der Waals surface area contributed by atoms with E-state index in [0.29, 0.717) is 4.47 Å². The van der Waals surface area contributed by atoms with Gasteiger partial charge in [0.25, 0.3) is 5.56 Å². The first-order valence-electron chi connectivity index (χ1n) is 5.19. The van der Waals surface area contributed by atoms with Crippen LogP contribution >= 0.6 is 15.9 Å². The van der Waals surface area contributed by atoms with E-state index >= 15 is 0 Å². The average Bonchev–Trinajstić information content (AvgIpc) is 2.65. The quantitative estimate of drug-likeness (QED) is 0.886. The maximum Gasteiger partial charge on any atom is 0.282 e. The molecule has 5 nitrogen and oxygen atoms in total. The number of nitrogens with zero attached hydrogens (tertiary/aromatic N) is 2. The molecule has 2 rings (SSSR count). The Morgan fingerprint density at radius 3 is 3.06 bits per heavy atom. The lowest BCUT2D eigenvalue weighted by Gasteiger charge is -2.17. The number of hydrogen-bond acceptors (Lipinski definition) is 4. The number of aryl methyl sites for hydroxylation is 1. The molecule has 0 aliphatic carbocycles. The van der Waals surface area contributed by atoms with Crippen LogP contribution in [0.25, 0.3) is 0 Å².